The van der Waals surface area contributed by atoms with Gasteiger partial charge in [-0.1, -0.05) is 35.9 Å². The van der Waals surface area contributed by atoms with Crippen molar-refractivity contribution in [3.8, 4) is 28.8 Å². The number of ether oxygens (including phenoxy) is 1. The lowest BCUT2D eigenvalue weighted by Gasteiger charge is -2.09. The molecule has 1 amide bonds. The molecule has 0 aliphatic carbocycles. The van der Waals surface area contributed by atoms with Gasteiger partial charge in [0.15, 0.2) is 0 Å². The summed E-state index contributed by atoms with van der Waals surface area (Å²) < 4.78 is 7.38. The average Bonchev–Trinajstić information content (AvgIpc) is 3.28. The van der Waals surface area contributed by atoms with Crippen molar-refractivity contribution in [3.63, 3.8) is 0 Å². The average molecular weight is 463 g/mol. The van der Waals surface area contributed by atoms with Crippen LogP contribution >= 0.6 is 0 Å². The fourth-order valence-corrected chi connectivity index (χ4v) is 3.71. The Hall–Kier alpha value is -4.63. The maximum atomic E-state index is 12.9. The second kappa shape index (κ2) is 10.5. The highest BCUT2D eigenvalue weighted by atomic mass is 16.5. The van der Waals surface area contributed by atoms with E-state index in [1.165, 1.54) is 0 Å². The van der Waals surface area contributed by atoms with Crippen LogP contribution in [0.4, 0.5) is 5.69 Å². The molecule has 6 nitrogen and oxygen atoms in total. The summed E-state index contributed by atoms with van der Waals surface area (Å²) in [6.07, 6.45) is 3.41. The van der Waals surface area contributed by atoms with E-state index < -0.39 is 5.91 Å². The second-order valence-electron chi connectivity index (χ2n) is 8.11. The van der Waals surface area contributed by atoms with E-state index in [1.807, 2.05) is 106 Å². The van der Waals surface area contributed by atoms with Crippen molar-refractivity contribution < 1.29 is 9.53 Å². The number of benzene rings is 3. The number of aromatic nitrogens is 2. The third kappa shape index (κ3) is 5.48. The Morgan fingerprint density at radius 2 is 1.83 bits per heavy atom. The van der Waals surface area contributed by atoms with Crippen molar-refractivity contribution in [2.75, 3.05) is 11.9 Å². The number of nitrogens with zero attached hydrogens (tertiary/aromatic N) is 3. The zero-order valence-corrected chi connectivity index (χ0v) is 19.9. The molecule has 0 atom stereocenters. The molecule has 0 saturated heterocycles. The zero-order chi connectivity index (χ0) is 24.8. The Balaban J connectivity index is 1.77. The first-order valence-electron chi connectivity index (χ1n) is 11.4. The first-order valence-corrected chi connectivity index (χ1v) is 11.4. The SMILES string of the molecule is CCOc1ccc(-c2nn(-c3ccccc3)cc2/C=C(\C#N)C(=O)Nc2ccc(C)cc2)c(C)c1. The minimum Gasteiger partial charge on any atom is -0.494 e. The van der Waals surface area contributed by atoms with Crippen molar-refractivity contribution in [1.29, 1.82) is 5.26 Å². The zero-order valence-electron chi connectivity index (χ0n) is 19.9. The summed E-state index contributed by atoms with van der Waals surface area (Å²) in [5.41, 5.74) is 5.79. The van der Waals surface area contributed by atoms with E-state index in [2.05, 4.69) is 5.32 Å². The minimum atomic E-state index is -0.474. The number of anilines is 1. The van der Waals surface area contributed by atoms with E-state index in [-0.39, 0.29) is 5.57 Å². The van der Waals surface area contributed by atoms with Crippen LogP contribution in [0.5, 0.6) is 5.75 Å². The first-order chi connectivity index (χ1) is 17.0. The van der Waals surface area contributed by atoms with Gasteiger partial charge in [-0.05, 0) is 74.9 Å². The van der Waals surface area contributed by atoms with Gasteiger partial charge in [-0.2, -0.15) is 10.4 Å². The van der Waals surface area contributed by atoms with Crippen molar-refractivity contribution in [1.82, 2.24) is 9.78 Å². The highest BCUT2D eigenvalue weighted by Crippen LogP contribution is 2.31. The number of amides is 1. The Morgan fingerprint density at radius 3 is 2.49 bits per heavy atom. The summed E-state index contributed by atoms with van der Waals surface area (Å²) in [7, 11) is 0. The molecule has 174 valence electrons. The van der Waals surface area contributed by atoms with Gasteiger partial charge in [-0.3, -0.25) is 4.79 Å². The van der Waals surface area contributed by atoms with E-state index in [4.69, 9.17) is 9.84 Å². The molecule has 3 aromatic carbocycles. The third-order valence-corrected chi connectivity index (χ3v) is 5.50. The Kier molecular flexibility index (Phi) is 7.08. The molecule has 1 aromatic heterocycles. The van der Waals surface area contributed by atoms with E-state index in [9.17, 15) is 10.1 Å². The topological polar surface area (TPSA) is 79.9 Å². The number of nitrogens with one attached hydrogen (secondary N) is 1. The predicted molar refractivity (Wildman–Crippen MR) is 138 cm³/mol. The van der Waals surface area contributed by atoms with E-state index in [0.717, 1.165) is 28.1 Å². The molecule has 35 heavy (non-hydrogen) atoms. The van der Waals surface area contributed by atoms with Gasteiger partial charge >= 0.3 is 0 Å². The van der Waals surface area contributed by atoms with E-state index in [0.29, 0.717) is 23.6 Å². The molecular weight excluding hydrogens is 436 g/mol. The summed E-state index contributed by atoms with van der Waals surface area (Å²) in [4.78, 5) is 12.9. The van der Waals surface area contributed by atoms with Crippen LogP contribution < -0.4 is 10.1 Å². The lowest BCUT2D eigenvalue weighted by molar-refractivity contribution is -0.112. The molecule has 1 N–H and O–H groups in total. The largest absolute Gasteiger partial charge is 0.494 e. The first kappa shape index (κ1) is 23.5. The number of aryl methyl sites for hydroxylation is 2. The standard InChI is InChI=1S/C29H26N4O2/c1-4-35-26-14-15-27(21(3)16-26)28-23(19-33(32-28)25-8-6-5-7-9-25)17-22(18-30)29(34)31-24-12-10-20(2)11-13-24/h5-17,19H,4H2,1-3H3,(H,31,34)/b22-17+. The molecule has 6 heteroatoms. The summed E-state index contributed by atoms with van der Waals surface area (Å²) >= 11 is 0. The number of carbonyl (C=O) groups is 1. The number of hydrogen-bond acceptors (Lipinski definition) is 4. The lowest BCUT2D eigenvalue weighted by Crippen LogP contribution is -2.13. The van der Waals surface area contributed by atoms with E-state index in [1.54, 1.807) is 10.8 Å². The van der Waals surface area contributed by atoms with Gasteiger partial charge in [0.2, 0.25) is 0 Å². The smallest absolute Gasteiger partial charge is 0.266 e. The monoisotopic (exact) mass is 462 g/mol. The third-order valence-electron chi connectivity index (χ3n) is 5.50. The Bertz CT molecular complexity index is 1410. The van der Waals surface area contributed by atoms with Gasteiger partial charge in [-0.15, -0.1) is 0 Å². The molecule has 0 bridgehead atoms. The lowest BCUT2D eigenvalue weighted by atomic mass is 10.0. The van der Waals surface area contributed by atoms with Crippen molar-refractivity contribution in [2.24, 2.45) is 0 Å². The second-order valence-corrected chi connectivity index (χ2v) is 8.11. The van der Waals surface area contributed by atoms with Crippen molar-refractivity contribution in [2.45, 2.75) is 20.8 Å². The molecule has 1 heterocycles. The predicted octanol–water partition coefficient (Wildman–Crippen LogP) is 6.10. The van der Waals surface area contributed by atoms with Gasteiger partial charge in [0.1, 0.15) is 23.1 Å². The molecule has 0 unspecified atom stereocenters. The van der Waals surface area contributed by atoms with Crippen LogP contribution in [0.2, 0.25) is 0 Å². The number of para-hydroxylation sites is 1. The molecule has 0 aliphatic rings. The fraction of sp³-hybridized carbons (Fsp3) is 0.138. The van der Waals surface area contributed by atoms with Crippen molar-refractivity contribution >= 4 is 17.7 Å². The summed E-state index contributed by atoms with van der Waals surface area (Å²) in [5.74, 6) is 0.307. The molecule has 0 spiro atoms. The maximum Gasteiger partial charge on any atom is 0.266 e. The van der Waals surface area contributed by atoms with Gasteiger partial charge in [0.25, 0.3) is 5.91 Å². The molecule has 4 rings (SSSR count). The van der Waals surface area contributed by atoms with Crippen molar-refractivity contribution in [3.05, 3.63) is 101 Å². The van der Waals surface area contributed by atoms with Gasteiger partial charge < -0.3 is 10.1 Å². The summed E-state index contributed by atoms with van der Waals surface area (Å²) in [5, 5.41) is 17.4. The molecule has 0 aliphatic heterocycles. The fourth-order valence-electron chi connectivity index (χ4n) is 3.71. The van der Waals surface area contributed by atoms with Gasteiger partial charge in [-0.25, -0.2) is 4.68 Å². The van der Waals surface area contributed by atoms with Crippen LogP contribution in [0.25, 0.3) is 23.0 Å². The van der Waals surface area contributed by atoms with Crippen LogP contribution in [0, 0.1) is 25.2 Å². The van der Waals surface area contributed by atoms with Crippen LogP contribution in [-0.2, 0) is 4.79 Å². The molecule has 4 aromatic rings. The molecule has 0 radical (unpaired) electrons. The summed E-state index contributed by atoms with van der Waals surface area (Å²) in [6, 6.07) is 25.0. The quantitative estimate of drug-likeness (QED) is 0.266. The molecule has 0 fully saturated rings. The van der Waals surface area contributed by atoms with Gasteiger partial charge in [0.05, 0.1) is 12.3 Å². The minimum absolute atomic E-state index is 0.0111. The number of rotatable bonds is 7. The summed E-state index contributed by atoms with van der Waals surface area (Å²) in [6.45, 7) is 6.49. The Labute approximate surface area is 205 Å². The number of hydrogen-bond donors (Lipinski definition) is 1. The van der Waals surface area contributed by atoms with Crippen LogP contribution in [-0.4, -0.2) is 22.3 Å². The maximum absolute atomic E-state index is 12.9. The van der Waals surface area contributed by atoms with Crippen LogP contribution in [0.15, 0.2) is 84.6 Å². The normalized spacial score (nSPS) is 11.1. The van der Waals surface area contributed by atoms with Crippen LogP contribution in [0.1, 0.15) is 23.6 Å². The molecular formula is C29H26N4O2. The van der Waals surface area contributed by atoms with Gasteiger partial charge in [0, 0.05) is 23.0 Å². The number of carbonyl (C=O) groups excluding carboxylic acids is 1. The highest BCUT2D eigenvalue weighted by molar-refractivity contribution is 6.10. The number of nitriles is 1. The molecule has 0 saturated carbocycles. The van der Waals surface area contributed by atoms with E-state index >= 15 is 0 Å². The van der Waals surface area contributed by atoms with Crippen LogP contribution in [0.3, 0.4) is 0 Å². The highest BCUT2D eigenvalue weighted by Gasteiger charge is 2.17. The Morgan fingerprint density at radius 1 is 1.09 bits per heavy atom.